The molecule has 4 aliphatic rings. The number of carbonyl (C=O) groups excluding carboxylic acids is 3. The van der Waals surface area contributed by atoms with Crippen LogP contribution in [-0.2, 0) is 22.7 Å². The minimum Gasteiger partial charge on any atom is -0.322 e. The zero-order valence-corrected chi connectivity index (χ0v) is 15.4. The monoisotopic (exact) mass is 368 g/mol. The lowest BCUT2D eigenvalue weighted by molar-refractivity contribution is -0.136. The number of hydrogen-bond acceptors (Lipinski definition) is 5. The van der Waals surface area contributed by atoms with Crippen molar-refractivity contribution in [3.63, 3.8) is 0 Å². The summed E-state index contributed by atoms with van der Waals surface area (Å²) >= 11 is 0. The van der Waals surface area contributed by atoms with Crippen LogP contribution < -0.4 is 10.6 Å². The second-order valence-electron chi connectivity index (χ2n) is 8.28. The zero-order valence-electron chi connectivity index (χ0n) is 15.4. The van der Waals surface area contributed by atoms with Crippen molar-refractivity contribution in [3.05, 3.63) is 34.9 Å². The standard InChI is InChI=1S/C20H24N4O3/c1-23(18-14-7-21-8-15(14)18)9-11-2-3-13-12(6-11)10-24(20(13)27)16-4-5-17(25)22-19(16)26/h2-3,6,14-16,18,21H,4-5,7-10H2,1H3,(H,22,25,26)/t14-,15+,16?,18?. The summed E-state index contributed by atoms with van der Waals surface area (Å²) in [5.74, 6) is 0.845. The maximum absolute atomic E-state index is 12.8. The maximum atomic E-state index is 12.8. The number of amides is 3. The molecule has 7 nitrogen and oxygen atoms in total. The molecule has 27 heavy (non-hydrogen) atoms. The Balaban J connectivity index is 1.29. The van der Waals surface area contributed by atoms with Crippen molar-refractivity contribution < 1.29 is 14.4 Å². The molecule has 0 bridgehead atoms. The minimum absolute atomic E-state index is 0.109. The van der Waals surface area contributed by atoms with Gasteiger partial charge in [-0.2, -0.15) is 0 Å². The summed E-state index contributed by atoms with van der Waals surface area (Å²) in [6.45, 7) is 3.56. The van der Waals surface area contributed by atoms with E-state index in [1.807, 2.05) is 12.1 Å². The summed E-state index contributed by atoms with van der Waals surface area (Å²) in [6.07, 6.45) is 0.684. The summed E-state index contributed by atoms with van der Waals surface area (Å²) in [6, 6.07) is 6.14. The van der Waals surface area contributed by atoms with Crippen molar-refractivity contribution in [1.82, 2.24) is 20.4 Å². The van der Waals surface area contributed by atoms with Gasteiger partial charge in [-0.1, -0.05) is 12.1 Å². The molecule has 1 aromatic carbocycles. The first-order chi connectivity index (χ1) is 13.0. The van der Waals surface area contributed by atoms with Crippen molar-refractivity contribution in [2.24, 2.45) is 11.8 Å². The van der Waals surface area contributed by atoms with E-state index in [-0.39, 0.29) is 24.1 Å². The SMILES string of the molecule is CN(Cc1ccc2c(c1)CN(C1CCC(=O)NC1=O)C2=O)C1[C@H]2CNC[C@@H]12. The largest absolute Gasteiger partial charge is 0.322 e. The first kappa shape index (κ1) is 16.9. The van der Waals surface area contributed by atoms with Gasteiger partial charge in [-0.15, -0.1) is 0 Å². The van der Waals surface area contributed by atoms with Crippen LogP contribution in [0.25, 0.3) is 0 Å². The average molecular weight is 368 g/mol. The second-order valence-corrected chi connectivity index (χ2v) is 8.28. The number of benzene rings is 1. The third-order valence-electron chi connectivity index (χ3n) is 6.58. The fourth-order valence-corrected chi connectivity index (χ4v) is 5.16. The number of hydrogen-bond donors (Lipinski definition) is 2. The molecule has 3 amide bonds. The highest BCUT2D eigenvalue weighted by molar-refractivity contribution is 6.05. The lowest BCUT2D eigenvalue weighted by Gasteiger charge is -2.29. The highest BCUT2D eigenvalue weighted by Gasteiger charge is 2.54. The Morgan fingerprint density at radius 2 is 1.96 bits per heavy atom. The van der Waals surface area contributed by atoms with Gasteiger partial charge in [-0.3, -0.25) is 24.6 Å². The molecule has 4 atom stereocenters. The molecule has 2 saturated heterocycles. The Labute approximate surface area is 158 Å². The van der Waals surface area contributed by atoms with E-state index in [9.17, 15) is 14.4 Å². The lowest BCUT2D eigenvalue weighted by atomic mass is 10.0. The van der Waals surface area contributed by atoms with E-state index in [1.165, 1.54) is 5.56 Å². The van der Waals surface area contributed by atoms with E-state index in [0.717, 1.165) is 37.0 Å². The van der Waals surface area contributed by atoms with Crippen LogP contribution in [0.3, 0.4) is 0 Å². The van der Waals surface area contributed by atoms with Gasteiger partial charge in [0.15, 0.2) is 0 Å². The molecular weight excluding hydrogens is 344 g/mol. The van der Waals surface area contributed by atoms with Gasteiger partial charge in [-0.25, -0.2) is 0 Å². The van der Waals surface area contributed by atoms with E-state index in [2.05, 4.69) is 28.6 Å². The predicted octanol–water partition coefficient (Wildman–Crippen LogP) is 0.0972. The molecule has 2 N–H and O–H groups in total. The molecule has 3 heterocycles. The van der Waals surface area contributed by atoms with Gasteiger partial charge in [0.1, 0.15) is 6.04 Å². The topological polar surface area (TPSA) is 81.8 Å². The van der Waals surface area contributed by atoms with E-state index in [1.54, 1.807) is 4.90 Å². The third kappa shape index (κ3) is 2.76. The molecule has 2 unspecified atom stereocenters. The number of nitrogens with one attached hydrogen (secondary N) is 2. The van der Waals surface area contributed by atoms with Gasteiger partial charge in [0.2, 0.25) is 11.8 Å². The third-order valence-corrected chi connectivity index (χ3v) is 6.58. The van der Waals surface area contributed by atoms with Gasteiger partial charge in [0.05, 0.1) is 0 Å². The summed E-state index contributed by atoms with van der Waals surface area (Å²) < 4.78 is 0. The molecule has 1 aromatic rings. The lowest BCUT2D eigenvalue weighted by Crippen LogP contribution is -2.52. The van der Waals surface area contributed by atoms with Crippen LogP contribution in [0.1, 0.15) is 34.3 Å². The fraction of sp³-hybridized carbons (Fsp3) is 0.550. The molecule has 3 aliphatic heterocycles. The van der Waals surface area contributed by atoms with Crippen molar-refractivity contribution in [2.45, 2.75) is 38.0 Å². The first-order valence-electron chi connectivity index (χ1n) is 9.70. The Hall–Kier alpha value is -2.25. The van der Waals surface area contributed by atoms with Crippen LogP contribution in [0, 0.1) is 11.8 Å². The normalized spacial score (nSPS) is 31.9. The van der Waals surface area contributed by atoms with E-state index >= 15 is 0 Å². The van der Waals surface area contributed by atoms with Crippen LogP contribution in [-0.4, -0.2) is 59.7 Å². The second kappa shape index (κ2) is 6.14. The maximum Gasteiger partial charge on any atom is 0.255 e. The van der Waals surface area contributed by atoms with E-state index in [4.69, 9.17) is 0 Å². The molecule has 142 valence electrons. The van der Waals surface area contributed by atoms with Gasteiger partial charge in [0.25, 0.3) is 5.91 Å². The number of carbonyl (C=O) groups is 3. The van der Waals surface area contributed by atoms with Gasteiger partial charge >= 0.3 is 0 Å². The summed E-state index contributed by atoms with van der Waals surface area (Å²) in [5, 5.41) is 5.77. The minimum atomic E-state index is -0.549. The van der Waals surface area contributed by atoms with Gasteiger partial charge < -0.3 is 10.2 Å². The molecule has 1 aliphatic carbocycles. The fourth-order valence-electron chi connectivity index (χ4n) is 5.16. The molecular formula is C20H24N4O3. The zero-order chi connectivity index (χ0) is 18.7. The number of nitrogens with zero attached hydrogens (tertiary/aromatic N) is 2. The quantitative estimate of drug-likeness (QED) is 0.737. The number of rotatable bonds is 4. The smallest absolute Gasteiger partial charge is 0.255 e. The Bertz CT molecular complexity index is 829. The Kier molecular flexibility index (Phi) is 3.84. The first-order valence-corrected chi connectivity index (χ1v) is 9.70. The number of imide groups is 1. The Morgan fingerprint density at radius 3 is 2.70 bits per heavy atom. The molecule has 0 aromatic heterocycles. The Morgan fingerprint density at radius 1 is 1.19 bits per heavy atom. The van der Waals surface area contributed by atoms with Crippen LogP contribution in [0.2, 0.25) is 0 Å². The van der Waals surface area contributed by atoms with Crippen LogP contribution >= 0.6 is 0 Å². The van der Waals surface area contributed by atoms with E-state index < -0.39 is 6.04 Å². The van der Waals surface area contributed by atoms with Crippen molar-refractivity contribution in [2.75, 3.05) is 20.1 Å². The van der Waals surface area contributed by atoms with Crippen molar-refractivity contribution in [1.29, 1.82) is 0 Å². The van der Waals surface area contributed by atoms with Crippen LogP contribution in [0.5, 0.6) is 0 Å². The molecule has 5 rings (SSSR count). The molecule has 3 fully saturated rings. The molecule has 0 radical (unpaired) electrons. The highest BCUT2D eigenvalue weighted by atomic mass is 16.2. The van der Waals surface area contributed by atoms with E-state index in [0.29, 0.717) is 24.6 Å². The number of fused-ring (bicyclic) bond motifs is 2. The predicted molar refractivity (Wildman–Crippen MR) is 97.6 cm³/mol. The van der Waals surface area contributed by atoms with Gasteiger partial charge in [0, 0.05) is 31.1 Å². The average Bonchev–Trinajstić information content (AvgIpc) is 2.95. The summed E-state index contributed by atoms with van der Waals surface area (Å²) in [5.41, 5.74) is 2.86. The molecule has 7 heteroatoms. The van der Waals surface area contributed by atoms with Crippen molar-refractivity contribution >= 4 is 17.7 Å². The summed E-state index contributed by atoms with van der Waals surface area (Å²) in [4.78, 5) is 40.3. The van der Waals surface area contributed by atoms with Crippen molar-refractivity contribution in [3.8, 4) is 0 Å². The molecule has 1 saturated carbocycles. The molecule has 0 spiro atoms. The number of piperidine rings is 2. The summed E-state index contributed by atoms with van der Waals surface area (Å²) in [7, 11) is 2.18. The van der Waals surface area contributed by atoms with Crippen LogP contribution in [0.4, 0.5) is 0 Å². The highest BCUT2D eigenvalue weighted by Crippen LogP contribution is 2.45. The van der Waals surface area contributed by atoms with Gasteiger partial charge in [-0.05, 0) is 55.6 Å². The van der Waals surface area contributed by atoms with Crippen LogP contribution in [0.15, 0.2) is 18.2 Å².